The van der Waals surface area contributed by atoms with Crippen LogP contribution in [0.4, 0.5) is 4.39 Å². The van der Waals surface area contributed by atoms with Crippen LogP contribution in [-0.2, 0) is 15.1 Å². The zero-order chi connectivity index (χ0) is 23.2. The SMILES string of the molecule is CO[C@@H]1c2c(F)cc(C(C)(O)C3CCC3)cc2C(=O)N1C(CC(=O)O)c1ccc(Cl)cc1. The maximum absolute atomic E-state index is 15.3. The molecular formula is C24H25ClFNO5. The molecule has 0 aromatic heterocycles. The van der Waals surface area contributed by atoms with Gasteiger partial charge in [-0.25, -0.2) is 4.39 Å². The van der Waals surface area contributed by atoms with Crippen molar-refractivity contribution in [2.75, 3.05) is 7.11 Å². The minimum Gasteiger partial charge on any atom is -0.481 e. The summed E-state index contributed by atoms with van der Waals surface area (Å²) in [7, 11) is 1.34. The van der Waals surface area contributed by atoms with E-state index in [0.29, 0.717) is 16.1 Å². The van der Waals surface area contributed by atoms with Crippen molar-refractivity contribution in [3.8, 4) is 0 Å². The summed E-state index contributed by atoms with van der Waals surface area (Å²) >= 11 is 5.97. The number of methoxy groups -OCH3 is 1. The van der Waals surface area contributed by atoms with Crippen LogP contribution in [0.2, 0.25) is 5.02 Å². The molecule has 2 unspecified atom stereocenters. The van der Waals surface area contributed by atoms with Crippen LogP contribution in [0, 0.1) is 11.7 Å². The van der Waals surface area contributed by atoms with Gasteiger partial charge in [0.25, 0.3) is 5.91 Å². The first-order valence-corrected chi connectivity index (χ1v) is 10.9. The van der Waals surface area contributed by atoms with Crippen molar-refractivity contribution in [3.05, 3.63) is 69.5 Å². The van der Waals surface area contributed by atoms with E-state index in [2.05, 4.69) is 0 Å². The van der Waals surface area contributed by atoms with E-state index in [0.717, 1.165) is 19.3 Å². The van der Waals surface area contributed by atoms with Crippen molar-refractivity contribution >= 4 is 23.5 Å². The minimum absolute atomic E-state index is 0.000364. The number of benzene rings is 2. The fraction of sp³-hybridized carbons (Fsp3) is 0.417. The van der Waals surface area contributed by atoms with Gasteiger partial charge in [0, 0.05) is 17.7 Å². The summed E-state index contributed by atoms with van der Waals surface area (Å²) in [6.45, 7) is 1.64. The zero-order valence-electron chi connectivity index (χ0n) is 17.8. The Kier molecular flexibility index (Phi) is 6.00. The van der Waals surface area contributed by atoms with Crippen molar-refractivity contribution in [2.45, 2.75) is 50.5 Å². The highest BCUT2D eigenvalue weighted by Crippen LogP contribution is 2.47. The van der Waals surface area contributed by atoms with E-state index in [1.807, 2.05) is 0 Å². The number of hydrogen-bond donors (Lipinski definition) is 2. The number of carboxylic acid groups (broad SMARTS) is 1. The number of carbonyl (C=O) groups excluding carboxylic acids is 1. The molecule has 4 rings (SSSR count). The second-order valence-corrected chi connectivity index (χ2v) is 9.10. The summed E-state index contributed by atoms with van der Waals surface area (Å²) in [5.41, 5.74) is -0.251. The molecule has 32 heavy (non-hydrogen) atoms. The van der Waals surface area contributed by atoms with Gasteiger partial charge >= 0.3 is 5.97 Å². The number of carbonyl (C=O) groups is 2. The van der Waals surface area contributed by atoms with Gasteiger partial charge in [-0.1, -0.05) is 30.2 Å². The van der Waals surface area contributed by atoms with Crippen LogP contribution in [0.25, 0.3) is 0 Å². The molecular weight excluding hydrogens is 437 g/mol. The normalized spacial score (nSPS) is 21.1. The molecule has 2 aromatic rings. The number of rotatable bonds is 7. The maximum atomic E-state index is 15.3. The molecule has 2 aliphatic rings. The van der Waals surface area contributed by atoms with Crippen LogP contribution in [0.1, 0.15) is 71.9 Å². The smallest absolute Gasteiger partial charge is 0.305 e. The van der Waals surface area contributed by atoms with E-state index in [4.69, 9.17) is 16.3 Å². The second kappa shape index (κ2) is 8.46. The highest BCUT2D eigenvalue weighted by molar-refractivity contribution is 6.30. The van der Waals surface area contributed by atoms with Crippen LogP contribution in [-0.4, -0.2) is 34.1 Å². The van der Waals surface area contributed by atoms with Gasteiger partial charge in [-0.2, -0.15) is 0 Å². The summed E-state index contributed by atoms with van der Waals surface area (Å²) in [5.74, 6) is -2.32. The summed E-state index contributed by atoms with van der Waals surface area (Å²) in [5, 5.41) is 21.0. The maximum Gasteiger partial charge on any atom is 0.305 e. The highest BCUT2D eigenvalue weighted by Gasteiger charge is 2.46. The summed E-state index contributed by atoms with van der Waals surface area (Å²) in [4.78, 5) is 26.4. The largest absolute Gasteiger partial charge is 0.481 e. The zero-order valence-corrected chi connectivity index (χ0v) is 18.6. The summed E-state index contributed by atoms with van der Waals surface area (Å²) < 4.78 is 20.8. The van der Waals surface area contributed by atoms with Crippen molar-refractivity contribution in [1.29, 1.82) is 0 Å². The first-order valence-electron chi connectivity index (χ1n) is 10.5. The number of fused-ring (bicyclic) bond motifs is 1. The molecule has 1 fully saturated rings. The van der Waals surface area contributed by atoms with Crippen molar-refractivity contribution in [3.63, 3.8) is 0 Å². The lowest BCUT2D eigenvalue weighted by molar-refractivity contribution is -0.139. The Morgan fingerprint density at radius 2 is 1.97 bits per heavy atom. The third kappa shape index (κ3) is 3.78. The van der Waals surface area contributed by atoms with E-state index in [9.17, 15) is 19.8 Å². The third-order valence-electron chi connectivity index (χ3n) is 6.76. The summed E-state index contributed by atoms with van der Waals surface area (Å²) in [6.07, 6.45) is 1.19. The van der Waals surface area contributed by atoms with E-state index in [1.165, 1.54) is 24.1 Å². The van der Waals surface area contributed by atoms with E-state index < -0.39 is 42.0 Å². The Bertz CT molecular complexity index is 1050. The number of hydrogen-bond acceptors (Lipinski definition) is 4. The molecule has 1 heterocycles. The monoisotopic (exact) mass is 461 g/mol. The van der Waals surface area contributed by atoms with E-state index in [1.54, 1.807) is 31.2 Å². The van der Waals surface area contributed by atoms with Gasteiger partial charge in [0.1, 0.15) is 5.82 Å². The number of halogens is 2. The van der Waals surface area contributed by atoms with Crippen LogP contribution >= 0.6 is 11.6 Å². The number of amides is 1. The van der Waals surface area contributed by atoms with E-state index in [-0.39, 0.29) is 17.0 Å². The molecule has 3 atom stereocenters. The van der Waals surface area contributed by atoms with Crippen molar-refractivity contribution in [1.82, 2.24) is 4.90 Å². The predicted molar refractivity (Wildman–Crippen MR) is 116 cm³/mol. The predicted octanol–water partition coefficient (Wildman–Crippen LogP) is 4.80. The number of nitrogens with zero attached hydrogens (tertiary/aromatic N) is 1. The Hall–Kier alpha value is -2.48. The molecule has 2 aromatic carbocycles. The van der Waals surface area contributed by atoms with Gasteiger partial charge in [-0.15, -0.1) is 0 Å². The lowest BCUT2D eigenvalue weighted by atomic mass is 9.70. The molecule has 6 nitrogen and oxygen atoms in total. The topological polar surface area (TPSA) is 87.1 Å². The molecule has 2 N–H and O–H groups in total. The van der Waals surface area contributed by atoms with Crippen LogP contribution < -0.4 is 0 Å². The summed E-state index contributed by atoms with van der Waals surface area (Å²) in [6, 6.07) is 8.37. The molecule has 1 aliphatic heterocycles. The molecule has 170 valence electrons. The quantitative estimate of drug-likeness (QED) is 0.618. The second-order valence-electron chi connectivity index (χ2n) is 8.66. The number of ether oxygens (including phenoxy) is 1. The van der Waals surface area contributed by atoms with Gasteiger partial charge in [-0.3, -0.25) is 9.59 Å². The molecule has 8 heteroatoms. The van der Waals surface area contributed by atoms with Crippen molar-refractivity contribution < 1.29 is 28.9 Å². The number of carboxylic acids is 1. The molecule has 0 spiro atoms. The first kappa shape index (κ1) is 22.7. The lowest BCUT2D eigenvalue weighted by Crippen LogP contribution is -2.36. The standard InChI is InChI=1S/C24H25ClFNO5/c1-24(31,14-4-3-5-14)15-10-17-21(18(26)11-15)23(32-2)27(22(17)30)19(12-20(28)29)13-6-8-16(25)9-7-13/h6-11,14,19,23,31H,3-5,12H2,1-2H3,(H,28,29)/t19?,23-,24?/m1/s1. The van der Waals surface area contributed by atoms with Crippen LogP contribution in [0.3, 0.4) is 0 Å². The Morgan fingerprint density at radius 3 is 2.50 bits per heavy atom. The first-order chi connectivity index (χ1) is 15.1. The van der Waals surface area contributed by atoms with Gasteiger partial charge in [0.15, 0.2) is 6.23 Å². The van der Waals surface area contributed by atoms with Crippen LogP contribution in [0.5, 0.6) is 0 Å². The molecule has 0 bridgehead atoms. The Balaban J connectivity index is 1.79. The Labute approximate surface area is 190 Å². The molecule has 1 aliphatic carbocycles. The highest BCUT2D eigenvalue weighted by atomic mass is 35.5. The Morgan fingerprint density at radius 1 is 1.31 bits per heavy atom. The molecule has 0 radical (unpaired) electrons. The molecule has 1 saturated carbocycles. The van der Waals surface area contributed by atoms with Crippen LogP contribution in [0.15, 0.2) is 36.4 Å². The van der Waals surface area contributed by atoms with Gasteiger partial charge in [-0.05, 0) is 61.1 Å². The average Bonchev–Trinajstić information content (AvgIpc) is 2.97. The van der Waals surface area contributed by atoms with E-state index >= 15 is 4.39 Å². The fourth-order valence-corrected chi connectivity index (χ4v) is 4.82. The molecule has 0 saturated heterocycles. The third-order valence-corrected chi connectivity index (χ3v) is 7.01. The lowest BCUT2D eigenvalue weighted by Gasteiger charge is -2.39. The minimum atomic E-state index is -1.26. The molecule has 1 amide bonds. The van der Waals surface area contributed by atoms with Crippen molar-refractivity contribution in [2.24, 2.45) is 5.92 Å². The van der Waals surface area contributed by atoms with Gasteiger partial charge in [0.05, 0.1) is 23.6 Å². The number of aliphatic hydroxyl groups is 1. The van der Waals surface area contributed by atoms with Gasteiger partial charge in [0.2, 0.25) is 0 Å². The van der Waals surface area contributed by atoms with Gasteiger partial charge < -0.3 is 19.8 Å². The fourth-order valence-electron chi connectivity index (χ4n) is 4.69. The average molecular weight is 462 g/mol. The number of aliphatic carboxylic acids is 1.